The number of aliphatic hydroxyl groups is 1. The van der Waals surface area contributed by atoms with Crippen molar-refractivity contribution >= 4 is 23.0 Å². The van der Waals surface area contributed by atoms with E-state index in [2.05, 4.69) is 4.98 Å². The minimum atomic E-state index is -1.23. The van der Waals surface area contributed by atoms with Crippen LogP contribution in [0, 0.1) is 6.92 Å². The van der Waals surface area contributed by atoms with E-state index in [1.807, 2.05) is 25.1 Å². The van der Waals surface area contributed by atoms with Crippen molar-refractivity contribution in [1.82, 2.24) is 4.98 Å². The van der Waals surface area contributed by atoms with Gasteiger partial charge >= 0.3 is 5.97 Å². The number of benzene rings is 1. The van der Waals surface area contributed by atoms with Gasteiger partial charge in [-0.1, -0.05) is 6.07 Å². The third kappa shape index (κ3) is 3.21. The summed E-state index contributed by atoms with van der Waals surface area (Å²) in [4.78, 5) is 16.1. The number of carboxylic acid groups (broad SMARTS) is 1. The Bertz CT molecular complexity index is 715. The molecule has 1 fully saturated rings. The lowest BCUT2D eigenvalue weighted by atomic mass is 9.94. The Labute approximate surface area is 137 Å². The standard InChI is InChI=1S/C16H18N2O4S/c1-9-4-10(6-11(17)5-9)13-7-18-15(23-13)16(21)3-2-12(14(19)20)22-8-16/h4-7,12,21H,2-3,8,17H2,1H3,(H,19,20). The van der Waals surface area contributed by atoms with Crippen LogP contribution in [0.15, 0.2) is 24.4 Å². The number of ether oxygens (including phenoxy) is 1. The molecule has 2 heterocycles. The van der Waals surface area contributed by atoms with Crippen LogP contribution in [0.1, 0.15) is 23.4 Å². The van der Waals surface area contributed by atoms with E-state index in [1.165, 1.54) is 11.3 Å². The average molecular weight is 334 g/mol. The second kappa shape index (κ2) is 5.92. The van der Waals surface area contributed by atoms with Crippen molar-refractivity contribution in [2.75, 3.05) is 12.3 Å². The van der Waals surface area contributed by atoms with Crippen LogP contribution in [0.25, 0.3) is 10.4 Å². The lowest BCUT2D eigenvalue weighted by Crippen LogP contribution is -2.42. The number of carbonyl (C=O) groups is 1. The predicted molar refractivity (Wildman–Crippen MR) is 87.2 cm³/mol. The Morgan fingerprint density at radius 1 is 1.48 bits per heavy atom. The Balaban J connectivity index is 1.83. The number of nitrogens with zero attached hydrogens (tertiary/aromatic N) is 1. The monoisotopic (exact) mass is 334 g/mol. The zero-order valence-electron chi connectivity index (χ0n) is 12.7. The van der Waals surface area contributed by atoms with E-state index in [1.54, 1.807) is 6.20 Å². The van der Waals surface area contributed by atoms with Crippen LogP contribution in [0.2, 0.25) is 0 Å². The van der Waals surface area contributed by atoms with Crippen molar-refractivity contribution in [3.63, 3.8) is 0 Å². The lowest BCUT2D eigenvalue weighted by Gasteiger charge is -2.32. The summed E-state index contributed by atoms with van der Waals surface area (Å²) in [6.45, 7) is 1.91. The summed E-state index contributed by atoms with van der Waals surface area (Å²) in [5, 5.41) is 20.2. The molecule has 1 aromatic carbocycles. The molecule has 0 bridgehead atoms. The highest BCUT2D eigenvalue weighted by molar-refractivity contribution is 7.15. The van der Waals surface area contributed by atoms with Crippen molar-refractivity contribution in [2.45, 2.75) is 31.5 Å². The van der Waals surface area contributed by atoms with Crippen molar-refractivity contribution in [1.29, 1.82) is 0 Å². The van der Waals surface area contributed by atoms with Gasteiger partial charge in [0.25, 0.3) is 0 Å². The number of hydrogen-bond donors (Lipinski definition) is 3. The molecule has 1 aliphatic heterocycles. The zero-order valence-corrected chi connectivity index (χ0v) is 13.5. The first kappa shape index (κ1) is 15.9. The molecule has 1 aromatic heterocycles. The van der Waals surface area contributed by atoms with Crippen LogP contribution < -0.4 is 5.73 Å². The molecular weight excluding hydrogens is 316 g/mol. The minimum absolute atomic E-state index is 0.0626. The van der Waals surface area contributed by atoms with Crippen molar-refractivity contribution < 1.29 is 19.7 Å². The first-order chi connectivity index (χ1) is 10.9. The summed E-state index contributed by atoms with van der Waals surface area (Å²) >= 11 is 1.37. The number of carboxylic acids is 1. The zero-order chi connectivity index (χ0) is 16.6. The number of aryl methyl sites for hydroxylation is 1. The van der Waals surface area contributed by atoms with Crippen LogP contribution in [0.3, 0.4) is 0 Å². The van der Waals surface area contributed by atoms with E-state index in [4.69, 9.17) is 15.6 Å². The predicted octanol–water partition coefficient (Wildman–Crippen LogP) is 2.15. The molecule has 3 rings (SSSR count). The largest absolute Gasteiger partial charge is 0.479 e. The molecule has 0 aliphatic carbocycles. The lowest BCUT2D eigenvalue weighted by molar-refractivity contribution is -0.169. The van der Waals surface area contributed by atoms with Crippen LogP contribution in [0.4, 0.5) is 5.69 Å². The molecule has 0 radical (unpaired) electrons. The van der Waals surface area contributed by atoms with Crippen LogP contribution >= 0.6 is 11.3 Å². The van der Waals surface area contributed by atoms with Crippen molar-refractivity contribution in [3.05, 3.63) is 35.0 Å². The van der Waals surface area contributed by atoms with E-state index in [9.17, 15) is 9.90 Å². The van der Waals surface area contributed by atoms with E-state index in [-0.39, 0.29) is 13.0 Å². The first-order valence-electron chi connectivity index (χ1n) is 7.28. The Kier molecular flexibility index (Phi) is 4.09. The van der Waals surface area contributed by atoms with E-state index >= 15 is 0 Å². The molecule has 0 amide bonds. The maximum absolute atomic E-state index is 10.9. The van der Waals surface area contributed by atoms with Gasteiger partial charge in [0.15, 0.2) is 6.10 Å². The summed E-state index contributed by atoms with van der Waals surface area (Å²) < 4.78 is 5.26. The molecule has 0 saturated carbocycles. The van der Waals surface area contributed by atoms with Gasteiger partial charge in [-0.3, -0.25) is 0 Å². The Morgan fingerprint density at radius 2 is 2.26 bits per heavy atom. The average Bonchev–Trinajstić information content (AvgIpc) is 2.97. The van der Waals surface area contributed by atoms with Gasteiger partial charge in [-0.15, -0.1) is 11.3 Å². The fourth-order valence-corrected chi connectivity index (χ4v) is 3.71. The number of nitrogen functional groups attached to an aromatic ring is 1. The molecule has 4 N–H and O–H groups in total. The second-order valence-corrected chi connectivity index (χ2v) is 6.90. The number of aliphatic carboxylic acids is 1. The molecule has 0 spiro atoms. The summed E-state index contributed by atoms with van der Waals surface area (Å²) in [6, 6.07) is 5.77. The highest BCUT2D eigenvalue weighted by Crippen LogP contribution is 2.38. The van der Waals surface area contributed by atoms with Crippen molar-refractivity contribution in [3.8, 4) is 10.4 Å². The van der Waals surface area contributed by atoms with Gasteiger partial charge in [-0.25, -0.2) is 9.78 Å². The SMILES string of the molecule is Cc1cc(N)cc(-c2cnc(C3(O)CCC(C(=O)O)OC3)s2)c1. The van der Waals surface area contributed by atoms with Gasteiger partial charge in [0.2, 0.25) is 0 Å². The Hall–Kier alpha value is -1.96. The number of aromatic nitrogens is 1. The maximum atomic E-state index is 10.9. The smallest absolute Gasteiger partial charge is 0.332 e. The molecule has 7 heteroatoms. The fourth-order valence-electron chi connectivity index (χ4n) is 2.70. The molecule has 23 heavy (non-hydrogen) atoms. The summed E-state index contributed by atoms with van der Waals surface area (Å²) in [5.74, 6) is -0.998. The van der Waals surface area contributed by atoms with E-state index in [0.717, 1.165) is 16.0 Å². The maximum Gasteiger partial charge on any atom is 0.332 e. The molecule has 1 saturated heterocycles. The second-order valence-electron chi connectivity index (χ2n) is 5.87. The highest BCUT2D eigenvalue weighted by atomic mass is 32.1. The van der Waals surface area contributed by atoms with Crippen LogP contribution in [-0.4, -0.2) is 33.9 Å². The molecular formula is C16H18N2O4S. The summed E-state index contributed by atoms with van der Waals surface area (Å²) in [7, 11) is 0. The fraction of sp³-hybridized carbons (Fsp3) is 0.375. The molecule has 2 unspecified atom stereocenters. The van der Waals surface area contributed by atoms with Gasteiger partial charge < -0.3 is 20.7 Å². The van der Waals surface area contributed by atoms with E-state index < -0.39 is 17.7 Å². The number of nitrogens with two attached hydrogens (primary N) is 1. The number of hydrogen-bond acceptors (Lipinski definition) is 6. The quantitative estimate of drug-likeness (QED) is 0.743. The molecule has 2 aromatic rings. The summed E-state index contributed by atoms with van der Waals surface area (Å²) in [5.41, 5.74) is 7.33. The molecule has 1 aliphatic rings. The minimum Gasteiger partial charge on any atom is -0.479 e. The number of rotatable bonds is 3. The van der Waals surface area contributed by atoms with Gasteiger partial charge in [-0.05, 0) is 43.0 Å². The van der Waals surface area contributed by atoms with Crippen molar-refractivity contribution in [2.24, 2.45) is 0 Å². The highest BCUT2D eigenvalue weighted by Gasteiger charge is 2.40. The van der Waals surface area contributed by atoms with Crippen LogP contribution in [0.5, 0.6) is 0 Å². The van der Waals surface area contributed by atoms with Gasteiger partial charge in [-0.2, -0.15) is 0 Å². The third-order valence-corrected chi connectivity index (χ3v) is 5.15. The number of anilines is 1. The third-order valence-electron chi connectivity index (χ3n) is 3.91. The number of thiazole rings is 1. The van der Waals surface area contributed by atoms with Gasteiger partial charge in [0, 0.05) is 11.9 Å². The molecule has 6 nitrogen and oxygen atoms in total. The first-order valence-corrected chi connectivity index (χ1v) is 8.10. The topological polar surface area (TPSA) is 106 Å². The Morgan fingerprint density at radius 3 is 2.87 bits per heavy atom. The normalized spacial score (nSPS) is 24.5. The van der Waals surface area contributed by atoms with Gasteiger partial charge in [0.05, 0.1) is 11.5 Å². The molecule has 2 atom stereocenters. The summed E-state index contributed by atoms with van der Waals surface area (Å²) in [6.07, 6.45) is 1.42. The van der Waals surface area contributed by atoms with Gasteiger partial charge in [0.1, 0.15) is 10.6 Å². The van der Waals surface area contributed by atoms with E-state index in [0.29, 0.717) is 17.1 Å². The molecule has 122 valence electrons. The van der Waals surface area contributed by atoms with Crippen LogP contribution in [-0.2, 0) is 15.1 Å².